The quantitative estimate of drug-likeness (QED) is 0.707. The number of Topliss-reactive ketones (excluding diaryl/α,β-unsaturated/α-hetero) is 1. The first-order valence-electron chi connectivity index (χ1n) is 7.40. The third kappa shape index (κ3) is 5.80. The molecule has 1 atom stereocenters. The second-order valence-electron chi connectivity index (χ2n) is 5.58. The topological polar surface area (TPSA) is 81.4 Å². The van der Waals surface area contributed by atoms with Gasteiger partial charge >= 0.3 is 0 Å². The molecule has 3 N–H and O–H groups in total. The molecular formula is C16H22ClFN2O3. The lowest BCUT2D eigenvalue weighted by molar-refractivity contribution is -0.121. The van der Waals surface area contributed by atoms with Crippen LogP contribution < -0.4 is 15.8 Å². The molecule has 1 fully saturated rings. The third-order valence-electron chi connectivity index (χ3n) is 3.82. The molecule has 0 bridgehead atoms. The van der Waals surface area contributed by atoms with Crippen LogP contribution in [0.4, 0.5) is 4.39 Å². The fourth-order valence-electron chi connectivity index (χ4n) is 2.22. The molecule has 1 aromatic carbocycles. The summed E-state index contributed by atoms with van der Waals surface area (Å²) in [6.45, 7) is 0.439. The first-order chi connectivity index (χ1) is 10.5. The van der Waals surface area contributed by atoms with E-state index in [1.165, 1.54) is 19.2 Å². The minimum Gasteiger partial charge on any atom is -0.494 e. The van der Waals surface area contributed by atoms with Crippen molar-refractivity contribution < 1.29 is 18.7 Å². The van der Waals surface area contributed by atoms with Crippen LogP contribution in [-0.4, -0.2) is 31.4 Å². The van der Waals surface area contributed by atoms with E-state index in [4.69, 9.17) is 10.5 Å². The summed E-state index contributed by atoms with van der Waals surface area (Å²) < 4.78 is 18.3. The van der Waals surface area contributed by atoms with Crippen molar-refractivity contribution in [2.75, 3.05) is 13.7 Å². The van der Waals surface area contributed by atoms with E-state index in [-0.39, 0.29) is 54.3 Å². The summed E-state index contributed by atoms with van der Waals surface area (Å²) in [7, 11) is 1.36. The van der Waals surface area contributed by atoms with Gasteiger partial charge in [0.25, 0.3) is 0 Å². The number of benzene rings is 1. The van der Waals surface area contributed by atoms with Gasteiger partial charge < -0.3 is 15.8 Å². The van der Waals surface area contributed by atoms with Crippen molar-refractivity contribution in [2.45, 2.75) is 31.7 Å². The number of carbonyl (C=O) groups excluding carboxylic acids is 2. The van der Waals surface area contributed by atoms with Gasteiger partial charge in [-0.25, -0.2) is 4.39 Å². The van der Waals surface area contributed by atoms with Gasteiger partial charge in [-0.2, -0.15) is 0 Å². The summed E-state index contributed by atoms with van der Waals surface area (Å²) in [6, 6.07) is 4.01. The van der Waals surface area contributed by atoms with Crippen molar-refractivity contribution in [1.82, 2.24) is 5.32 Å². The molecule has 1 aromatic rings. The monoisotopic (exact) mass is 344 g/mol. The van der Waals surface area contributed by atoms with Crippen LogP contribution in [0.1, 0.15) is 36.0 Å². The lowest BCUT2D eigenvalue weighted by Crippen LogP contribution is -2.38. The summed E-state index contributed by atoms with van der Waals surface area (Å²) in [5, 5.41) is 2.73. The molecule has 7 heteroatoms. The molecular weight excluding hydrogens is 323 g/mol. The molecule has 1 amide bonds. The van der Waals surface area contributed by atoms with Gasteiger partial charge in [0, 0.05) is 31.0 Å². The number of halogens is 2. The van der Waals surface area contributed by atoms with Gasteiger partial charge in [-0.05, 0) is 37.0 Å². The molecule has 0 spiro atoms. The number of nitrogens with two attached hydrogens (primary N) is 1. The Bertz CT molecular complexity index is 564. The highest BCUT2D eigenvalue weighted by atomic mass is 35.5. The van der Waals surface area contributed by atoms with Crippen LogP contribution in [0.15, 0.2) is 18.2 Å². The van der Waals surface area contributed by atoms with Crippen LogP contribution in [0, 0.1) is 11.7 Å². The smallest absolute Gasteiger partial charge is 0.220 e. The zero-order chi connectivity index (χ0) is 16.1. The van der Waals surface area contributed by atoms with Crippen molar-refractivity contribution in [3.05, 3.63) is 29.6 Å². The molecule has 0 aromatic heterocycles. The van der Waals surface area contributed by atoms with Crippen molar-refractivity contribution in [3.63, 3.8) is 0 Å². The maximum absolute atomic E-state index is 13.5. The molecule has 0 heterocycles. The summed E-state index contributed by atoms with van der Waals surface area (Å²) >= 11 is 0. The minimum absolute atomic E-state index is 0. The number of nitrogens with one attached hydrogen (secondary N) is 1. The Labute approximate surface area is 141 Å². The predicted octanol–water partition coefficient (Wildman–Crippen LogP) is 2.07. The molecule has 5 nitrogen and oxygen atoms in total. The predicted molar refractivity (Wildman–Crippen MR) is 87.5 cm³/mol. The fourth-order valence-corrected chi connectivity index (χ4v) is 2.22. The number of hydrogen-bond donors (Lipinski definition) is 2. The van der Waals surface area contributed by atoms with Gasteiger partial charge in [0.15, 0.2) is 17.3 Å². The van der Waals surface area contributed by atoms with Crippen LogP contribution in [0.2, 0.25) is 0 Å². The number of methoxy groups -OCH3 is 1. The highest BCUT2D eigenvalue weighted by Crippen LogP contribution is 2.31. The summed E-state index contributed by atoms with van der Waals surface area (Å²) in [5.74, 6) is -0.470. The minimum atomic E-state index is -0.590. The van der Waals surface area contributed by atoms with Crippen molar-refractivity contribution >= 4 is 24.1 Å². The van der Waals surface area contributed by atoms with Crippen LogP contribution in [0.3, 0.4) is 0 Å². The first kappa shape index (κ1) is 19.4. The van der Waals surface area contributed by atoms with E-state index in [1.54, 1.807) is 0 Å². The fraction of sp³-hybridized carbons (Fsp3) is 0.500. The molecule has 0 saturated heterocycles. The maximum Gasteiger partial charge on any atom is 0.220 e. The molecule has 2 rings (SSSR count). The molecule has 0 aliphatic heterocycles. The van der Waals surface area contributed by atoms with Gasteiger partial charge in [0.1, 0.15) is 0 Å². The molecule has 1 aliphatic carbocycles. The largest absolute Gasteiger partial charge is 0.494 e. The first-order valence-corrected chi connectivity index (χ1v) is 7.40. The van der Waals surface area contributed by atoms with Crippen molar-refractivity contribution in [2.24, 2.45) is 11.7 Å². The Morgan fingerprint density at radius 3 is 2.65 bits per heavy atom. The highest BCUT2D eigenvalue weighted by molar-refractivity contribution is 5.98. The van der Waals surface area contributed by atoms with E-state index in [9.17, 15) is 14.0 Å². The number of ketones is 1. The van der Waals surface area contributed by atoms with Crippen molar-refractivity contribution in [1.29, 1.82) is 0 Å². The summed E-state index contributed by atoms with van der Waals surface area (Å²) in [5.41, 5.74) is 6.12. The van der Waals surface area contributed by atoms with Gasteiger partial charge in [-0.15, -0.1) is 12.4 Å². The van der Waals surface area contributed by atoms with E-state index in [1.807, 2.05) is 0 Å². The normalized spacial score (nSPS) is 14.6. The zero-order valence-corrected chi connectivity index (χ0v) is 13.8. The Morgan fingerprint density at radius 1 is 1.39 bits per heavy atom. The zero-order valence-electron chi connectivity index (χ0n) is 13.0. The van der Waals surface area contributed by atoms with E-state index in [2.05, 4.69) is 5.32 Å². The van der Waals surface area contributed by atoms with Gasteiger partial charge in [0.2, 0.25) is 5.91 Å². The van der Waals surface area contributed by atoms with Crippen LogP contribution in [0.25, 0.3) is 0 Å². The van der Waals surface area contributed by atoms with Gasteiger partial charge in [0.05, 0.1) is 7.11 Å². The number of amides is 1. The van der Waals surface area contributed by atoms with Crippen LogP contribution in [0.5, 0.6) is 5.75 Å². The van der Waals surface area contributed by atoms with Crippen LogP contribution in [-0.2, 0) is 4.79 Å². The maximum atomic E-state index is 13.5. The molecule has 128 valence electrons. The van der Waals surface area contributed by atoms with E-state index >= 15 is 0 Å². The van der Waals surface area contributed by atoms with Crippen LogP contribution >= 0.6 is 12.4 Å². The Balaban J connectivity index is 0.00000264. The highest BCUT2D eigenvalue weighted by Gasteiger charge is 2.28. The Hall–Kier alpha value is -1.66. The summed E-state index contributed by atoms with van der Waals surface area (Å²) in [6.07, 6.45) is 2.36. The lowest BCUT2D eigenvalue weighted by Gasteiger charge is -2.11. The Kier molecular flexibility index (Phi) is 7.45. The standard InChI is InChI=1S/C16H21FN2O3.ClH/c1-22-15-6-4-11(8-12(15)17)14(20)5-7-16(21)19-9-13(18)10-2-3-10;/h4,6,8,10,13H,2-3,5,7,9,18H2,1H3,(H,19,21);1H. The molecule has 1 unspecified atom stereocenters. The molecule has 1 saturated carbocycles. The molecule has 1 aliphatic rings. The van der Waals surface area contributed by atoms with E-state index in [0.29, 0.717) is 12.5 Å². The second-order valence-corrected chi connectivity index (χ2v) is 5.58. The van der Waals surface area contributed by atoms with E-state index < -0.39 is 5.82 Å². The lowest BCUT2D eigenvalue weighted by atomic mass is 10.1. The molecule has 0 radical (unpaired) electrons. The number of ether oxygens (including phenoxy) is 1. The van der Waals surface area contributed by atoms with Gasteiger partial charge in [-0.3, -0.25) is 9.59 Å². The van der Waals surface area contributed by atoms with Crippen molar-refractivity contribution in [3.8, 4) is 5.75 Å². The SMILES string of the molecule is COc1ccc(C(=O)CCC(=O)NCC(N)C2CC2)cc1F.Cl. The van der Waals surface area contributed by atoms with E-state index in [0.717, 1.165) is 18.9 Å². The van der Waals surface area contributed by atoms with Gasteiger partial charge in [-0.1, -0.05) is 0 Å². The second kappa shape index (κ2) is 8.84. The third-order valence-corrected chi connectivity index (χ3v) is 3.82. The Morgan fingerprint density at radius 2 is 2.09 bits per heavy atom. The number of rotatable bonds is 8. The molecule has 23 heavy (non-hydrogen) atoms. The number of carbonyl (C=O) groups is 2. The number of hydrogen-bond acceptors (Lipinski definition) is 4. The average molecular weight is 345 g/mol. The summed E-state index contributed by atoms with van der Waals surface area (Å²) in [4.78, 5) is 23.6. The average Bonchev–Trinajstić information content (AvgIpc) is 3.34.